The molecule has 2 nitrogen and oxygen atoms in total. The maximum atomic E-state index is 11.6. The molecule has 0 heterocycles. The summed E-state index contributed by atoms with van der Waals surface area (Å²) in [5, 5.41) is 0. The van der Waals surface area contributed by atoms with E-state index in [-0.39, 0.29) is 10.9 Å². The molecule has 1 rings (SSSR count). The number of allylic oxidation sites excluding steroid dienone is 1. The first-order chi connectivity index (χ1) is 6.00. The normalized spacial score (nSPS) is 25.9. The van der Waals surface area contributed by atoms with Gasteiger partial charge in [0.05, 0.1) is 10.9 Å². The summed E-state index contributed by atoms with van der Waals surface area (Å²) in [5.74, 6) is 0. The molecule has 0 spiro atoms. The van der Waals surface area contributed by atoms with Gasteiger partial charge in [0.25, 0.3) is 0 Å². The Morgan fingerprint density at radius 2 is 2.15 bits per heavy atom. The first-order valence-corrected chi connectivity index (χ1v) is 5.83. The highest BCUT2D eigenvalue weighted by atomic mass is 32.2. The van der Waals surface area contributed by atoms with Crippen LogP contribution in [0.1, 0.15) is 40.0 Å². The predicted molar refractivity (Wildman–Crippen MR) is 55.8 cm³/mol. The second kappa shape index (κ2) is 4.38. The molecular formula is C10H18O2S. The van der Waals surface area contributed by atoms with Crippen LogP contribution < -0.4 is 0 Å². The number of rotatable bonds is 2. The fourth-order valence-electron chi connectivity index (χ4n) is 1.12. The molecule has 1 unspecified atom stereocenters. The largest absolute Gasteiger partial charge is 0.283 e. The van der Waals surface area contributed by atoms with Crippen LogP contribution in [-0.4, -0.2) is 15.1 Å². The van der Waals surface area contributed by atoms with Crippen molar-refractivity contribution in [2.75, 3.05) is 0 Å². The third-order valence-electron chi connectivity index (χ3n) is 1.92. The van der Waals surface area contributed by atoms with Crippen molar-refractivity contribution in [3.8, 4) is 0 Å². The average molecular weight is 202 g/mol. The monoisotopic (exact) mass is 202 g/mol. The zero-order valence-electron chi connectivity index (χ0n) is 8.58. The van der Waals surface area contributed by atoms with E-state index in [2.05, 4.69) is 6.08 Å². The molecule has 0 aromatic heterocycles. The van der Waals surface area contributed by atoms with Crippen LogP contribution in [-0.2, 0) is 15.3 Å². The van der Waals surface area contributed by atoms with Crippen molar-refractivity contribution in [1.82, 2.24) is 0 Å². The van der Waals surface area contributed by atoms with Gasteiger partial charge in [-0.3, -0.25) is 4.18 Å². The minimum atomic E-state index is -1.19. The summed E-state index contributed by atoms with van der Waals surface area (Å²) in [4.78, 5) is 0. The lowest BCUT2D eigenvalue weighted by atomic mass is 10.1. The molecule has 76 valence electrons. The van der Waals surface area contributed by atoms with E-state index in [9.17, 15) is 4.21 Å². The zero-order chi connectivity index (χ0) is 9.90. The summed E-state index contributed by atoms with van der Waals surface area (Å²) in [7, 11) is 0. The third-order valence-corrected chi connectivity index (χ3v) is 3.34. The molecule has 0 saturated carbocycles. The summed E-state index contributed by atoms with van der Waals surface area (Å²) in [6.07, 6.45) is 7.46. The molecule has 0 fully saturated rings. The molecule has 0 radical (unpaired) electrons. The van der Waals surface area contributed by atoms with E-state index in [0.717, 1.165) is 19.3 Å². The van der Waals surface area contributed by atoms with Gasteiger partial charge in [-0.05, 0) is 40.0 Å². The molecule has 0 amide bonds. The Labute approximate surface area is 83.0 Å². The van der Waals surface area contributed by atoms with Gasteiger partial charge in [-0.25, -0.2) is 4.21 Å². The molecule has 0 aromatic rings. The first-order valence-electron chi connectivity index (χ1n) is 4.76. The lowest BCUT2D eigenvalue weighted by Crippen LogP contribution is -2.27. The van der Waals surface area contributed by atoms with Gasteiger partial charge in [0.1, 0.15) is 0 Å². The van der Waals surface area contributed by atoms with E-state index < -0.39 is 11.1 Å². The van der Waals surface area contributed by atoms with Gasteiger partial charge in [0, 0.05) is 0 Å². The molecule has 2 atom stereocenters. The Morgan fingerprint density at radius 1 is 1.46 bits per heavy atom. The quantitative estimate of drug-likeness (QED) is 0.643. The van der Waals surface area contributed by atoms with Crippen LogP contribution in [0, 0.1) is 0 Å². The summed E-state index contributed by atoms with van der Waals surface area (Å²) in [6.45, 7) is 5.78. The Bertz CT molecular complexity index is 215. The Hall–Kier alpha value is -0.150. The molecule has 0 saturated heterocycles. The Kier molecular flexibility index (Phi) is 3.68. The van der Waals surface area contributed by atoms with Crippen molar-refractivity contribution in [3.63, 3.8) is 0 Å². The second-order valence-electron chi connectivity index (χ2n) is 4.34. The highest BCUT2D eigenvalue weighted by molar-refractivity contribution is 7.81. The predicted octanol–water partition coefficient (Wildman–Crippen LogP) is 2.57. The summed E-state index contributed by atoms with van der Waals surface area (Å²) >= 11 is -1.19. The molecule has 0 bridgehead atoms. The van der Waals surface area contributed by atoms with Gasteiger partial charge in [-0.2, -0.15) is 0 Å². The van der Waals surface area contributed by atoms with Crippen molar-refractivity contribution in [2.45, 2.75) is 50.9 Å². The minimum Gasteiger partial charge on any atom is -0.283 e. The van der Waals surface area contributed by atoms with E-state index in [1.165, 1.54) is 0 Å². The van der Waals surface area contributed by atoms with E-state index in [4.69, 9.17) is 4.18 Å². The molecule has 1 aliphatic carbocycles. The van der Waals surface area contributed by atoms with Crippen LogP contribution in [0.5, 0.6) is 0 Å². The summed E-state index contributed by atoms with van der Waals surface area (Å²) in [6, 6.07) is 0. The van der Waals surface area contributed by atoms with Gasteiger partial charge in [-0.1, -0.05) is 12.2 Å². The zero-order valence-corrected chi connectivity index (χ0v) is 9.39. The van der Waals surface area contributed by atoms with Crippen LogP contribution in [0.4, 0.5) is 0 Å². The summed E-state index contributed by atoms with van der Waals surface area (Å²) in [5.41, 5.74) is 0. The third kappa shape index (κ3) is 3.61. The smallest absolute Gasteiger partial charge is 0.161 e. The molecule has 0 aromatic carbocycles. The van der Waals surface area contributed by atoms with Gasteiger partial charge in [0.2, 0.25) is 0 Å². The van der Waals surface area contributed by atoms with Crippen molar-refractivity contribution in [3.05, 3.63) is 12.2 Å². The summed E-state index contributed by atoms with van der Waals surface area (Å²) < 4.78 is 16.8. The lowest BCUT2D eigenvalue weighted by molar-refractivity contribution is 0.248. The Balaban J connectivity index is 2.44. The number of hydrogen-bond acceptors (Lipinski definition) is 2. The van der Waals surface area contributed by atoms with E-state index in [0.29, 0.717) is 0 Å². The molecule has 0 N–H and O–H groups in total. The van der Waals surface area contributed by atoms with Crippen LogP contribution in [0.3, 0.4) is 0 Å². The molecule has 0 aliphatic heterocycles. The van der Waals surface area contributed by atoms with Gasteiger partial charge in [0.15, 0.2) is 11.1 Å². The molecule has 1 aliphatic rings. The average Bonchev–Trinajstić information content (AvgIpc) is 2.04. The lowest BCUT2D eigenvalue weighted by Gasteiger charge is -2.22. The molecule has 3 heteroatoms. The minimum absolute atomic E-state index is 0.0637. The SMILES string of the molecule is CC(C)(C)S(=O)O[C@H]1C=CCCC1. The standard InChI is InChI=1S/C10H18O2S/c1-10(2,3)13(11)12-9-7-5-4-6-8-9/h5,7,9H,4,6,8H2,1-3H3/t9-,13?/m0/s1. The van der Waals surface area contributed by atoms with Crippen molar-refractivity contribution in [2.24, 2.45) is 0 Å². The van der Waals surface area contributed by atoms with E-state index in [1.54, 1.807) is 0 Å². The maximum Gasteiger partial charge on any atom is 0.161 e. The van der Waals surface area contributed by atoms with Crippen LogP contribution in [0.25, 0.3) is 0 Å². The van der Waals surface area contributed by atoms with Crippen LogP contribution >= 0.6 is 0 Å². The van der Waals surface area contributed by atoms with Gasteiger partial charge in [-0.15, -0.1) is 0 Å². The second-order valence-corrected chi connectivity index (χ2v) is 6.23. The maximum absolute atomic E-state index is 11.6. The van der Waals surface area contributed by atoms with Crippen LogP contribution in [0.2, 0.25) is 0 Å². The fraction of sp³-hybridized carbons (Fsp3) is 0.800. The van der Waals surface area contributed by atoms with Gasteiger partial charge < -0.3 is 0 Å². The fourth-order valence-corrected chi connectivity index (χ4v) is 1.79. The first kappa shape index (κ1) is 10.9. The van der Waals surface area contributed by atoms with E-state index in [1.807, 2.05) is 26.8 Å². The number of hydrogen-bond donors (Lipinski definition) is 0. The molecule has 13 heavy (non-hydrogen) atoms. The molecular weight excluding hydrogens is 184 g/mol. The van der Waals surface area contributed by atoms with E-state index >= 15 is 0 Å². The highest BCUT2D eigenvalue weighted by Crippen LogP contribution is 2.19. The van der Waals surface area contributed by atoms with Crippen molar-refractivity contribution in [1.29, 1.82) is 0 Å². The van der Waals surface area contributed by atoms with Crippen molar-refractivity contribution < 1.29 is 8.39 Å². The highest BCUT2D eigenvalue weighted by Gasteiger charge is 2.23. The topological polar surface area (TPSA) is 26.3 Å². The van der Waals surface area contributed by atoms with Crippen LogP contribution in [0.15, 0.2) is 12.2 Å². The van der Waals surface area contributed by atoms with Crippen molar-refractivity contribution >= 4 is 11.1 Å². The Morgan fingerprint density at radius 3 is 2.62 bits per heavy atom. The van der Waals surface area contributed by atoms with Gasteiger partial charge >= 0.3 is 0 Å².